The molecule has 0 radical (unpaired) electrons. The van der Waals surface area contributed by atoms with Gasteiger partial charge in [-0.25, -0.2) is 14.2 Å². The number of ether oxygens (including phenoxy) is 1. The molecule has 1 amide bonds. The van der Waals surface area contributed by atoms with Crippen molar-refractivity contribution in [3.63, 3.8) is 0 Å². The van der Waals surface area contributed by atoms with E-state index in [1.165, 1.54) is 23.9 Å². The number of carbonyl (C=O) groups is 2. The molecule has 0 fully saturated rings. The zero-order chi connectivity index (χ0) is 24.2. The fourth-order valence-electron chi connectivity index (χ4n) is 3.89. The number of nitrogens with one attached hydrogen (secondary N) is 1. The minimum absolute atomic E-state index is 0.113. The van der Waals surface area contributed by atoms with Gasteiger partial charge in [-0.2, -0.15) is 0 Å². The van der Waals surface area contributed by atoms with E-state index in [0.717, 1.165) is 16.8 Å². The lowest BCUT2D eigenvalue weighted by Crippen LogP contribution is -2.38. The van der Waals surface area contributed by atoms with Gasteiger partial charge in [0.15, 0.2) is 5.17 Å². The van der Waals surface area contributed by atoms with Crippen molar-refractivity contribution < 1.29 is 18.7 Å². The first kappa shape index (κ1) is 23.8. The smallest absolute Gasteiger partial charge is 0.338 e. The molecule has 34 heavy (non-hydrogen) atoms. The van der Waals surface area contributed by atoms with Gasteiger partial charge in [0.2, 0.25) is 5.91 Å². The number of thioether (sulfide) groups is 1. The van der Waals surface area contributed by atoms with Crippen molar-refractivity contribution in [3.05, 3.63) is 93.9 Å². The third-order valence-corrected chi connectivity index (χ3v) is 6.31. The Morgan fingerprint density at radius 3 is 2.53 bits per heavy atom. The molecule has 0 aliphatic carbocycles. The Bertz CT molecular complexity index is 1170. The number of amidine groups is 1. The highest BCUT2D eigenvalue weighted by Gasteiger charge is 2.41. The summed E-state index contributed by atoms with van der Waals surface area (Å²) in [5.41, 5.74) is 3.53. The molecule has 4 rings (SSSR count). The van der Waals surface area contributed by atoms with E-state index < -0.39 is 12.0 Å². The van der Waals surface area contributed by atoms with Gasteiger partial charge in [0.1, 0.15) is 5.82 Å². The third kappa shape index (κ3) is 5.22. The van der Waals surface area contributed by atoms with Crippen molar-refractivity contribution in [3.8, 4) is 0 Å². The van der Waals surface area contributed by atoms with E-state index in [0.29, 0.717) is 23.0 Å². The number of allylic oxidation sites excluding steroid dienone is 1. The summed E-state index contributed by atoms with van der Waals surface area (Å²) in [6.07, 6.45) is -0.156. The summed E-state index contributed by atoms with van der Waals surface area (Å²) in [7, 11) is 0. The van der Waals surface area contributed by atoms with Crippen molar-refractivity contribution in [1.29, 1.82) is 0 Å². The monoisotopic (exact) mass is 479 g/mol. The Morgan fingerprint density at radius 1 is 1.15 bits per heavy atom. The average Bonchev–Trinajstić information content (AvgIpc) is 3.19. The van der Waals surface area contributed by atoms with Crippen LogP contribution in [0.25, 0.3) is 0 Å². The number of rotatable bonds is 7. The van der Waals surface area contributed by atoms with E-state index in [1.54, 1.807) is 12.1 Å². The Kier molecular flexibility index (Phi) is 7.17. The number of halogens is 1. The fraction of sp³-hybridized carbons (Fsp3) is 0.269. The van der Waals surface area contributed by atoms with Crippen molar-refractivity contribution in [1.82, 2.24) is 10.2 Å². The molecule has 2 aromatic rings. The molecule has 0 spiro atoms. The number of hydrogen-bond acceptors (Lipinski definition) is 6. The van der Waals surface area contributed by atoms with Crippen LogP contribution in [0, 0.1) is 5.82 Å². The lowest BCUT2D eigenvalue weighted by atomic mass is 9.94. The van der Waals surface area contributed by atoms with Crippen LogP contribution in [0.3, 0.4) is 0 Å². The summed E-state index contributed by atoms with van der Waals surface area (Å²) < 4.78 is 18.7. The second-order valence-electron chi connectivity index (χ2n) is 8.34. The maximum Gasteiger partial charge on any atom is 0.338 e. The zero-order valence-corrected chi connectivity index (χ0v) is 20.1. The first-order chi connectivity index (χ1) is 16.3. The van der Waals surface area contributed by atoms with E-state index >= 15 is 0 Å². The van der Waals surface area contributed by atoms with Gasteiger partial charge in [-0.3, -0.25) is 4.79 Å². The van der Waals surface area contributed by atoms with Crippen molar-refractivity contribution in [2.45, 2.75) is 45.9 Å². The second-order valence-corrected chi connectivity index (χ2v) is 9.17. The summed E-state index contributed by atoms with van der Waals surface area (Å²) in [5, 5.41) is 5.50. The summed E-state index contributed by atoms with van der Waals surface area (Å²) in [6.45, 7) is 5.73. The van der Waals surface area contributed by atoms with Crippen LogP contribution < -0.4 is 5.32 Å². The van der Waals surface area contributed by atoms with Gasteiger partial charge in [-0.1, -0.05) is 54.2 Å². The molecule has 6 nitrogen and oxygen atoms in total. The standard InChI is InChI=1S/C26H26FN3O3S/c1-16(2)33-25(32)23-17(3)29-26-30(24(23)19-7-5-4-6-8-19)21(15-34-26)13-22(31)28-14-18-9-11-20(27)12-10-18/h4-12,15-16,24H,13-14H2,1-3H3,(H,28,31)/t24-/m1/s1. The van der Waals surface area contributed by atoms with Crippen LogP contribution in [0.15, 0.2) is 82.0 Å². The highest BCUT2D eigenvalue weighted by Crippen LogP contribution is 2.44. The molecular formula is C26H26FN3O3S. The number of benzene rings is 2. The first-order valence-corrected chi connectivity index (χ1v) is 11.9. The van der Waals surface area contributed by atoms with E-state index in [-0.39, 0.29) is 24.2 Å². The number of carbonyl (C=O) groups excluding carboxylic acids is 2. The van der Waals surface area contributed by atoms with Crippen LogP contribution in [0.4, 0.5) is 4.39 Å². The Balaban J connectivity index is 1.57. The number of nitrogens with zero attached hydrogens (tertiary/aromatic N) is 2. The van der Waals surface area contributed by atoms with Crippen LogP contribution in [0.2, 0.25) is 0 Å². The van der Waals surface area contributed by atoms with E-state index in [9.17, 15) is 14.0 Å². The normalized spacial score (nSPS) is 17.3. The van der Waals surface area contributed by atoms with E-state index in [1.807, 2.05) is 61.4 Å². The molecule has 2 heterocycles. The molecule has 1 N–H and O–H groups in total. The molecule has 1 atom stereocenters. The number of aliphatic imine (C=N–C) groups is 1. The summed E-state index contributed by atoms with van der Waals surface area (Å²) in [5.74, 6) is -0.912. The van der Waals surface area contributed by atoms with Crippen molar-refractivity contribution >= 4 is 28.8 Å². The van der Waals surface area contributed by atoms with Gasteiger partial charge in [-0.05, 0) is 49.4 Å². The second kappa shape index (κ2) is 10.3. The maximum absolute atomic E-state index is 13.1. The van der Waals surface area contributed by atoms with Crippen molar-refractivity contribution in [2.75, 3.05) is 0 Å². The van der Waals surface area contributed by atoms with Crippen LogP contribution in [0.5, 0.6) is 0 Å². The first-order valence-electron chi connectivity index (χ1n) is 11.0. The molecule has 2 aromatic carbocycles. The molecule has 0 unspecified atom stereocenters. The Morgan fingerprint density at radius 2 is 1.85 bits per heavy atom. The molecule has 2 aliphatic heterocycles. The van der Waals surface area contributed by atoms with Gasteiger partial charge in [0.05, 0.1) is 29.8 Å². The highest BCUT2D eigenvalue weighted by atomic mass is 32.2. The molecular weight excluding hydrogens is 453 g/mol. The number of amides is 1. The van der Waals surface area contributed by atoms with E-state index in [2.05, 4.69) is 10.3 Å². The molecule has 0 saturated heterocycles. The predicted molar refractivity (Wildman–Crippen MR) is 131 cm³/mol. The summed E-state index contributed by atoms with van der Waals surface area (Å²) >= 11 is 1.43. The minimum atomic E-state index is -0.453. The Labute approximate surface area is 202 Å². The van der Waals surface area contributed by atoms with Gasteiger partial charge in [0.25, 0.3) is 0 Å². The van der Waals surface area contributed by atoms with Crippen LogP contribution in [0.1, 0.15) is 44.4 Å². The minimum Gasteiger partial charge on any atom is -0.459 e. The molecule has 0 saturated carbocycles. The number of fused-ring (bicyclic) bond motifs is 1. The van der Waals surface area contributed by atoms with Gasteiger partial charge >= 0.3 is 5.97 Å². The molecule has 0 aromatic heterocycles. The molecule has 8 heteroatoms. The zero-order valence-electron chi connectivity index (χ0n) is 19.2. The largest absolute Gasteiger partial charge is 0.459 e. The predicted octanol–water partition coefficient (Wildman–Crippen LogP) is 5.06. The van der Waals surface area contributed by atoms with Gasteiger partial charge in [0, 0.05) is 12.2 Å². The highest BCUT2D eigenvalue weighted by molar-refractivity contribution is 8.16. The lowest BCUT2D eigenvalue weighted by molar-refractivity contribution is -0.143. The van der Waals surface area contributed by atoms with Crippen LogP contribution in [-0.2, 0) is 20.9 Å². The average molecular weight is 480 g/mol. The Hall–Kier alpha value is -3.39. The maximum atomic E-state index is 13.1. The van der Waals surface area contributed by atoms with Gasteiger partial charge in [-0.15, -0.1) is 0 Å². The molecule has 176 valence electrons. The summed E-state index contributed by atoms with van der Waals surface area (Å²) in [6, 6.07) is 15.2. The fourth-order valence-corrected chi connectivity index (χ4v) is 4.85. The number of hydrogen-bond donors (Lipinski definition) is 1. The van der Waals surface area contributed by atoms with Crippen LogP contribution >= 0.6 is 11.8 Å². The SMILES string of the molecule is CC1=C(C(=O)OC(C)C)[C@@H](c2ccccc2)N2C(CC(=O)NCc3ccc(F)cc3)=CSC2=N1. The number of esters is 1. The quantitative estimate of drug-likeness (QED) is 0.562. The van der Waals surface area contributed by atoms with Gasteiger partial charge < -0.3 is 15.0 Å². The third-order valence-electron chi connectivity index (χ3n) is 5.42. The lowest BCUT2D eigenvalue weighted by Gasteiger charge is -2.36. The van der Waals surface area contributed by atoms with E-state index in [4.69, 9.17) is 4.74 Å². The van der Waals surface area contributed by atoms with Crippen molar-refractivity contribution in [2.24, 2.45) is 4.99 Å². The molecule has 0 bridgehead atoms. The topological polar surface area (TPSA) is 71.0 Å². The van der Waals surface area contributed by atoms with Crippen LogP contribution in [-0.4, -0.2) is 28.0 Å². The summed E-state index contributed by atoms with van der Waals surface area (Å²) in [4.78, 5) is 32.5. The molecule has 2 aliphatic rings.